The van der Waals surface area contributed by atoms with Crippen molar-refractivity contribution in [2.75, 3.05) is 19.4 Å². The summed E-state index contributed by atoms with van der Waals surface area (Å²) in [7, 11) is -2.35. The van der Waals surface area contributed by atoms with Gasteiger partial charge in [0, 0.05) is 6.61 Å². The van der Waals surface area contributed by atoms with Gasteiger partial charge >= 0.3 is 8.03 Å². The fourth-order valence-corrected chi connectivity index (χ4v) is 1.23. The molecule has 13 heavy (non-hydrogen) atoms. The van der Waals surface area contributed by atoms with Crippen molar-refractivity contribution < 1.29 is 19.0 Å². The first kappa shape index (κ1) is 12.7. The predicted molar refractivity (Wildman–Crippen MR) is 50.0 cm³/mol. The molecule has 0 aromatic carbocycles. The largest absolute Gasteiger partial charge is 0.513 e. The first-order chi connectivity index (χ1) is 6.16. The molecular formula is C8H16O4P+. The second kappa shape index (κ2) is 8.30. The van der Waals surface area contributed by atoms with E-state index in [2.05, 4.69) is 6.92 Å². The molecule has 4 nitrogen and oxygen atoms in total. The number of Topliss-reactive ketones (excluding diaryl/α,β-unsaturated/α-hetero) is 1. The van der Waals surface area contributed by atoms with Crippen LogP contribution in [0.1, 0.15) is 26.2 Å². The Morgan fingerprint density at radius 1 is 1.46 bits per heavy atom. The zero-order chi connectivity index (χ0) is 10.1. The number of hydrogen-bond acceptors (Lipinski definition) is 3. The van der Waals surface area contributed by atoms with Crippen LogP contribution in [0.15, 0.2) is 0 Å². The number of carbonyl (C=O) groups is 1. The first-order valence-corrected chi connectivity index (χ1v) is 5.79. The summed E-state index contributed by atoms with van der Waals surface area (Å²) in [6.45, 7) is 2.61. The number of ether oxygens (including phenoxy) is 1. The molecule has 0 aromatic heterocycles. The van der Waals surface area contributed by atoms with Crippen molar-refractivity contribution >= 4 is 13.8 Å². The maximum atomic E-state index is 10.8. The van der Waals surface area contributed by atoms with Crippen molar-refractivity contribution in [3.63, 3.8) is 0 Å². The summed E-state index contributed by atoms with van der Waals surface area (Å²) in [5.41, 5.74) is 0. The van der Waals surface area contributed by atoms with E-state index in [9.17, 15) is 9.36 Å². The highest BCUT2D eigenvalue weighted by molar-refractivity contribution is 7.39. The first-order valence-electron chi connectivity index (χ1n) is 4.39. The van der Waals surface area contributed by atoms with Gasteiger partial charge in [-0.2, -0.15) is 4.89 Å². The van der Waals surface area contributed by atoms with Crippen LogP contribution in [-0.2, 0) is 14.1 Å². The van der Waals surface area contributed by atoms with E-state index in [-0.39, 0.29) is 18.6 Å². The number of hydrogen-bond donors (Lipinski definition) is 1. The number of rotatable bonds is 8. The van der Waals surface area contributed by atoms with Gasteiger partial charge in [-0.05, 0) is 11.0 Å². The Kier molecular flexibility index (Phi) is 8.10. The quantitative estimate of drug-likeness (QED) is 0.484. The fraction of sp³-hybridized carbons (Fsp3) is 0.875. The maximum Gasteiger partial charge on any atom is 0.513 e. The average molecular weight is 207 g/mol. The summed E-state index contributed by atoms with van der Waals surface area (Å²) in [5.74, 6) is -0.305. The minimum Gasteiger partial charge on any atom is -0.374 e. The molecule has 0 heterocycles. The second-order valence-electron chi connectivity index (χ2n) is 2.81. The lowest BCUT2D eigenvalue weighted by atomic mass is 10.3. The normalized spacial score (nSPS) is 11.4. The molecule has 0 spiro atoms. The van der Waals surface area contributed by atoms with Crippen molar-refractivity contribution in [2.24, 2.45) is 0 Å². The van der Waals surface area contributed by atoms with Gasteiger partial charge in [0.25, 0.3) is 0 Å². The molecule has 0 aliphatic rings. The molecule has 1 N–H and O–H groups in total. The van der Waals surface area contributed by atoms with Crippen molar-refractivity contribution in [1.29, 1.82) is 0 Å². The third-order valence-corrected chi connectivity index (χ3v) is 2.09. The van der Waals surface area contributed by atoms with Crippen LogP contribution < -0.4 is 0 Å². The molecule has 0 bridgehead atoms. The summed E-state index contributed by atoms with van der Waals surface area (Å²) in [4.78, 5) is 19.2. The molecule has 0 saturated heterocycles. The van der Waals surface area contributed by atoms with Gasteiger partial charge in [0.15, 0.2) is 0 Å². The molecule has 1 unspecified atom stereocenters. The molecular weight excluding hydrogens is 191 g/mol. The lowest BCUT2D eigenvalue weighted by Gasteiger charge is -1.99. The summed E-state index contributed by atoms with van der Waals surface area (Å²) in [6, 6.07) is 0. The third-order valence-electron chi connectivity index (χ3n) is 1.47. The smallest absolute Gasteiger partial charge is 0.374 e. The molecule has 0 aliphatic heterocycles. The number of unbranched alkanes of at least 4 members (excludes halogenated alkanes) is 2. The van der Waals surface area contributed by atoms with Gasteiger partial charge in [-0.25, -0.2) is 0 Å². The summed E-state index contributed by atoms with van der Waals surface area (Å²) < 4.78 is 15.2. The minimum absolute atomic E-state index is 0.0364. The molecule has 0 fully saturated rings. The molecule has 0 amide bonds. The Balaban J connectivity index is 3.22. The van der Waals surface area contributed by atoms with Crippen molar-refractivity contribution in [3.05, 3.63) is 0 Å². The summed E-state index contributed by atoms with van der Waals surface area (Å²) >= 11 is 0. The van der Waals surface area contributed by atoms with Gasteiger partial charge in [0.05, 0.1) is 0 Å². The molecule has 0 saturated carbocycles. The second-order valence-corrected chi connectivity index (χ2v) is 3.83. The molecule has 1 atom stereocenters. The SMILES string of the molecule is CCCCCOCC(=O)C[P+](=O)O. The number of ketones is 1. The molecule has 0 radical (unpaired) electrons. The van der Waals surface area contributed by atoms with Gasteiger partial charge in [-0.15, -0.1) is 0 Å². The van der Waals surface area contributed by atoms with E-state index in [1.807, 2.05) is 0 Å². The van der Waals surface area contributed by atoms with E-state index in [0.29, 0.717) is 6.61 Å². The number of carbonyl (C=O) groups excluding carboxylic acids is 1. The fourth-order valence-electron chi connectivity index (χ4n) is 0.837. The van der Waals surface area contributed by atoms with E-state index in [1.54, 1.807) is 0 Å². The van der Waals surface area contributed by atoms with E-state index in [1.165, 1.54) is 0 Å². The Morgan fingerprint density at radius 2 is 2.15 bits per heavy atom. The average Bonchev–Trinajstić information content (AvgIpc) is 2.02. The van der Waals surface area contributed by atoms with Gasteiger partial charge in [-0.1, -0.05) is 19.8 Å². The molecule has 76 valence electrons. The third kappa shape index (κ3) is 9.61. The monoisotopic (exact) mass is 207 g/mol. The van der Waals surface area contributed by atoms with Gasteiger partial charge in [0.1, 0.15) is 6.61 Å². The zero-order valence-electron chi connectivity index (χ0n) is 7.86. The van der Waals surface area contributed by atoms with Gasteiger partial charge in [-0.3, -0.25) is 4.79 Å². The highest BCUT2D eigenvalue weighted by Crippen LogP contribution is 2.11. The van der Waals surface area contributed by atoms with E-state index in [0.717, 1.165) is 19.3 Å². The van der Waals surface area contributed by atoms with Crippen LogP contribution >= 0.6 is 8.03 Å². The highest BCUT2D eigenvalue weighted by atomic mass is 31.1. The molecule has 0 rings (SSSR count). The van der Waals surface area contributed by atoms with E-state index >= 15 is 0 Å². The summed E-state index contributed by atoms with van der Waals surface area (Å²) in [5, 5.41) is 0. The zero-order valence-corrected chi connectivity index (χ0v) is 8.76. The highest BCUT2D eigenvalue weighted by Gasteiger charge is 2.17. The maximum absolute atomic E-state index is 10.8. The topological polar surface area (TPSA) is 63.6 Å². The van der Waals surface area contributed by atoms with Crippen LogP contribution in [0, 0.1) is 0 Å². The van der Waals surface area contributed by atoms with Gasteiger partial charge in [0.2, 0.25) is 11.9 Å². The Morgan fingerprint density at radius 3 is 2.69 bits per heavy atom. The van der Waals surface area contributed by atoms with Crippen LogP contribution in [0.4, 0.5) is 0 Å². The molecule has 0 aliphatic carbocycles. The standard InChI is InChI=1S/C8H15O4P/c1-2-3-4-5-12-6-8(9)7-13(10)11/h2-7H2,1H3/p+1. The van der Waals surface area contributed by atoms with Crippen molar-refractivity contribution in [2.45, 2.75) is 26.2 Å². The van der Waals surface area contributed by atoms with Crippen LogP contribution in [0.2, 0.25) is 0 Å². The van der Waals surface area contributed by atoms with Crippen molar-refractivity contribution in [3.8, 4) is 0 Å². The lowest BCUT2D eigenvalue weighted by molar-refractivity contribution is -0.121. The minimum atomic E-state index is -2.35. The molecule has 5 heteroatoms. The molecule has 0 aromatic rings. The Hall–Kier alpha value is -0.310. The van der Waals surface area contributed by atoms with Crippen LogP contribution in [0.25, 0.3) is 0 Å². The van der Waals surface area contributed by atoms with Crippen LogP contribution in [-0.4, -0.2) is 30.1 Å². The predicted octanol–water partition coefficient (Wildman–Crippen LogP) is 1.50. The van der Waals surface area contributed by atoms with Gasteiger partial charge < -0.3 is 4.74 Å². The van der Waals surface area contributed by atoms with Crippen LogP contribution in [0.5, 0.6) is 0 Å². The lowest BCUT2D eigenvalue weighted by Crippen LogP contribution is -2.11. The van der Waals surface area contributed by atoms with E-state index < -0.39 is 8.03 Å². The Labute approximate surface area is 79.2 Å². The summed E-state index contributed by atoms with van der Waals surface area (Å²) in [6.07, 6.45) is 2.85. The van der Waals surface area contributed by atoms with Crippen molar-refractivity contribution in [1.82, 2.24) is 0 Å². The van der Waals surface area contributed by atoms with E-state index in [4.69, 9.17) is 9.63 Å². The van der Waals surface area contributed by atoms with Crippen LogP contribution in [0.3, 0.4) is 0 Å². The Bertz CT molecular complexity index is 170.